The first-order valence-corrected chi connectivity index (χ1v) is 6.68. The van der Waals surface area contributed by atoms with Crippen molar-refractivity contribution in [2.75, 3.05) is 0 Å². The van der Waals surface area contributed by atoms with Crippen LogP contribution in [0.25, 0.3) is 0 Å². The first-order valence-electron chi connectivity index (χ1n) is 6.68. The minimum Gasteiger partial charge on any atom is -0.219 e. The molecule has 0 amide bonds. The van der Waals surface area contributed by atoms with Gasteiger partial charge in [-0.25, -0.2) is 5.11 Å². The number of rotatable bonds is 2. The standard InChI is InChI=1S/C18H21O/c1-12-6-8-16(10-14(12)3)18(5,19)17-9-7-13(2)15(4)11-17/h6-11H,1-5H3. The first-order chi connectivity index (χ1) is 8.82. The summed E-state index contributed by atoms with van der Waals surface area (Å²) in [6.45, 7) is 9.99. The molecule has 2 aromatic carbocycles. The van der Waals surface area contributed by atoms with E-state index in [-0.39, 0.29) is 0 Å². The number of benzene rings is 2. The molecule has 0 spiro atoms. The third kappa shape index (κ3) is 2.57. The van der Waals surface area contributed by atoms with Crippen molar-refractivity contribution in [3.8, 4) is 0 Å². The van der Waals surface area contributed by atoms with Crippen LogP contribution in [0.3, 0.4) is 0 Å². The van der Waals surface area contributed by atoms with E-state index in [4.69, 9.17) is 0 Å². The van der Waals surface area contributed by atoms with Crippen molar-refractivity contribution >= 4 is 0 Å². The summed E-state index contributed by atoms with van der Waals surface area (Å²) in [5.74, 6) is 0. The Labute approximate surface area is 115 Å². The topological polar surface area (TPSA) is 19.9 Å². The Morgan fingerprint density at radius 1 is 0.684 bits per heavy atom. The molecule has 0 atom stereocenters. The van der Waals surface area contributed by atoms with Crippen molar-refractivity contribution in [3.05, 3.63) is 69.8 Å². The fraction of sp³-hybridized carbons (Fsp3) is 0.333. The van der Waals surface area contributed by atoms with Crippen molar-refractivity contribution in [2.45, 2.75) is 40.2 Å². The molecule has 0 aromatic heterocycles. The predicted molar refractivity (Wildman–Crippen MR) is 79.0 cm³/mol. The number of hydrogen-bond donors (Lipinski definition) is 0. The molecule has 0 saturated carbocycles. The van der Waals surface area contributed by atoms with Crippen LogP contribution in [-0.4, -0.2) is 0 Å². The Kier molecular flexibility index (Phi) is 3.51. The monoisotopic (exact) mass is 253 g/mol. The van der Waals surface area contributed by atoms with Crippen LogP contribution in [0.2, 0.25) is 0 Å². The number of aryl methyl sites for hydroxylation is 4. The summed E-state index contributed by atoms with van der Waals surface area (Å²) >= 11 is 0. The van der Waals surface area contributed by atoms with Crippen LogP contribution >= 0.6 is 0 Å². The van der Waals surface area contributed by atoms with Gasteiger partial charge in [0.2, 0.25) is 0 Å². The molecule has 99 valence electrons. The van der Waals surface area contributed by atoms with Gasteiger partial charge in [-0.15, -0.1) is 0 Å². The lowest BCUT2D eigenvalue weighted by Crippen LogP contribution is -2.21. The van der Waals surface area contributed by atoms with Gasteiger partial charge in [-0.2, -0.15) is 0 Å². The van der Waals surface area contributed by atoms with Crippen molar-refractivity contribution < 1.29 is 5.11 Å². The van der Waals surface area contributed by atoms with Gasteiger partial charge in [0.05, 0.1) is 0 Å². The van der Waals surface area contributed by atoms with Gasteiger partial charge in [0.15, 0.2) is 5.60 Å². The lowest BCUT2D eigenvalue weighted by Gasteiger charge is -2.23. The molecule has 2 rings (SSSR count). The molecule has 0 unspecified atom stereocenters. The van der Waals surface area contributed by atoms with Crippen LogP contribution in [0.15, 0.2) is 36.4 Å². The smallest absolute Gasteiger partial charge is 0.151 e. The highest BCUT2D eigenvalue weighted by atomic mass is 16.3. The normalized spacial score (nSPS) is 11.7. The van der Waals surface area contributed by atoms with Crippen molar-refractivity contribution in [3.63, 3.8) is 0 Å². The Morgan fingerprint density at radius 3 is 1.37 bits per heavy atom. The molecule has 2 aromatic rings. The van der Waals surface area contributed by atoms with Gasteiger partial charge < -0.3 is 0 Å². The molecule has 1 nitrogen and oxygen atoms in total. The molecule has 0 fully saturated rings. The van der Waals surface area contributed by atoms with Gasteiger partial charge in [0.25, 0.3) is 0 Å². The zero-order chi connectivity index (χ0) is 14.2. The maximum absolute atomic E-state index is 13.0. The average molecular weight is 253 g/mol. The third-order valence-electron chi connectivity index (χ3n) is 4.12. The highest BCUT2D eigenvalue weighted by molar-refractivity contribution is 5.42. The summed E-state index contributed by atoms with van der Waals surface area (Å²) in [5, 5.41) is 13.0. The van der Waals surface area contributed by atoms with Crippen molar-refractivity contribution in [2.24, 2.45) is 0 Å². The van der Waals surface area contributed by atoms with Crippen LogP contribution < -0.4 is 0 Å². The summed E-state index contributed by atoms with van der Waals surface area (Å²) in [6, 6.07) is 12.0. The van der Waals surface area contributed by atoms with Crippen LogP contribution in [0.5, 0.6) is 0 Å². The Balaban J connectivity index is 2.51. The van der Waals surface area contributed by atoms with E-state index >= 15 is 0 Å². The second kappa shape index (κ2) is 4.82. The molecule has 0 heterocycles. The Morgan fingerprint density at radius 2 is 1.05 bits per heavy atom. The summed E-state index contributed by atoms with van der Waals surface area (Å²) in [6.07, 6.45) is 0. The fourth-order valence-corrected chi connectivity index (χ4v) is 2.24. The minimum absolute atomic E-state index is 0.832. The molecule has 19 heavy (non-hydrogen) atoms. The SMILES string of the molecule is Cc1ccc(C(C)([O])c2ccc(C)c(C)c2)cc1C. The average Bonchev–Trinajstić information content (AvgIpc) is 2.35. The third-order valence-corrected chi connectivity index (χ3v) is 4.12. The minimum atomic E-state index is -1.20. The maximum atomic E-state index is 13.0. The summed E-state index contributed by atoms with van der Waals surface area (Å²) in [5.41, 5.74) is 5.25. The molecule has 1 heteroatoms. The molecule has 0 aliphatic rings. The van der Waals surface area contributed by atoms with Gasteiger partial charge in [-0.3, -0.25) is 0 Å². The summed E-state index contributed by atoms with van der Waals surface area (Å²) in [4.78, 5) is 0. The maximum Gasteiger partial charge on any atom is 0.151 e. The van der Waals surface area contributed by atoms with E-state index in [2.05, 4.69) is 27.7 Å². The van der Waals surface area contributed by atoms with Crippen molar-refractivity contribution in [1.29, 1.82) is 0 Å². The Hall–Kier alpha value is -1.60. The van der Waals surface area contributed by atoms with E-state index in [1.165, 1.54) is 22.3 Å². The van der Waals surface area contributed by atoms with Crippen LogP contribution in [0.1, 0.15) is 40.3 Å². The van der Waals surface area contributed by atoms with E-state index in [1.807, 2.05) is 36.4 Å². The second-order valence-corrected chi connectivity index (χ2v) is 5.63. The Bertz CT molecular complexity index is 556. The van der Waals surface area contributed by atoms with E-state index in [9.17, 15) is 5.11 Å². The van der Waals surface area contributed by atoms with Crippen LogP contribution in [0, 0.1) is 27.7 Å². The first kappa shape index (κ1) is 13.8. The fourth-order valence-electron chi connectivity index (χ4n) is 2.24. The molecule has 0 N–H and O–H groups in total. The zero-order valence-corrected chi connectivity index (χ0v) is 12.4. The van der Waals surface area contributed by atoms with Gasteiger partial charge in [0.1, 0.15) is 0 Å². The highest BCUT2D eigenvalue weighted by Crippen LogP contribution is 2.32. The van der Waals surface area contributed by atoms with Crippen molar-refractivity contribution in [1.82, 2.24) is 0 Å². The van der Waals surface area contributed by atoms with E-state index in [1.54, 1.807) is 6.92 Å². The summed E-state index contributed by atoms with van der Waals surface area (Å²) < 4.78 is 0. The molecule has 0 saturated heterocycles. The predicted octanol–water partition coefficient (Wildman–Crippen LogP) is 4.61. The van der Waals surface area contributed by atoms with E-state index in [0.717, 1.165) is 11.1 Å². The highest BCUT2D eigenvalue weighted by Gasteiger charge is 2.28. The van der Waals surface area contributed by atoms with Gasteiger partial charge in [0, 0.05) is 0 Å². The van der Waals surface area contributed by atoms with E-state index in [0.29, 0.717) is 0 Å². The lowest BCUT2D eigenvalue weighted by atomic mass is 9.85. The molecular formula is C18H21O. The van der Waals surface area contributed by atoms with Crippen LogP contribution in [-0.2, 0) is 10.7 Å². The molecule has 1 radical (unpaired) electrons. The van der Waals surface area contributed by atoms with Crippen LogP contribution in [0.4, 0.5) is 0 Å². The second-order valence-electron chi connectivity index (χ2n) is 5.63. The molecule has 0 aliphatic heterocycles. The lowest BCUT2D eigenvalue weighted by molar-refractivity contribution is 0.0206. The quantitative estimate of drug-likeness (QED) is 0.744. The molecule has 0 bridgehead atoms. The van der Waals surface area contributed by atoms with E-state index < -0.39 is 5.60 Å². The number of hydrogen-bond acceptors (Lipinski definition) is 0. The largest absolute Gasteiger partial charge is 0.219 e. The van der Waals surface area contributed by atoms with Gasteiger partial charge >= 0.3 is 0 Å². The van der Waals surface area contributed by atoms with Gasteiger partial charge in [-0.05, 0) is 68.0 Å². The zero-order valence-electron chi connectivity index (χ0n) is 12.4. The molecule has 0 aliphatic carbocycles. The van der Waals surface area contributed by atoms with Gasteiger partial charge in [-0.1, -0.05) is 36.4 Å². The molecular weight excluding hydrogens is 232 g/mol. The summed E-state index contributed by atoms with van der Waals surface area (Å²) in [7, 11) is 0.